The lowest BCUT2D eigenvalue weighted by molar-refractivity contribution is 0.102. The van der Waals surface area contributed by atoms with Crippen molar-refractivity contribution in [2.45, 2.75) is 20.8 Å². The first-order valence-electron chi connectivity index (χ1n) is 8.49. The van der Waals surface area contributed by atoms with Crippen molar-refractivity contribution in [3.63, 3.8) is 0 Å². The standard InChI is InChI=1S/C15H13ClN2OS.C4H11N/c1-2-20-8-13(19)9-3-4-12-10(7-9)14-11(16)5-6-17-15(14)18-12;1-3-5-4-2/h3-7H,2,8H2,1H3,(H,17,18);5H,3-4H2,1-2H3. The first-order chi connectivity index (χ1) is 12.1. The van der Waals surface area contributed by atoms with E-state index in [2.05, 4.69) is 29.1 Å². The van der Waals surface area contributed by atoms with Crippen LogP contribution in [0.3, 0.4) is 0 Å². The van der Waals surface area contributed by atoms with Gasteiger partial charge in [-0.15, -0.1) is 0 Å². The van der Waals surface area contributed by atoms with Crippen molar-refractivity contribution in [2.24, 2.45) is 0 Å². The number of aromatic nitrogens is 2. The van der Waals surface area contributed by atoms with Crippen LogP contribution in [0.25, 0.3) is 21.9 Å². The van der Waals surface area contributed by atoms with Crippen LogP contribution in [-0.4, -0.2) is 40.3 Å². The molecule has 0 aliphatic heterocycles. The predicted octanol–water partition coefficient (Wildman–Crippen LogP) is 4.92. The Morgan fingerprint density at radius 2 is 2.00 bits per heavy atom. The van der Waals surface area contributed by atoms with E-state index in [1.54, 1.807) is 24.0 Å². The number of halogens is 1. The van der Waals surface area contributed by atoms with Crippen molar-refractivity contribution in [1.29, 1.82) is 0 Å². The maximum Gasteiger partial charge on any atom is 0.172 e. The summed E-state index contributed by atoms with van der Waals surface area (Å²) in [5.74, 6) is 1.60. The van der Waals surface area contributed by atoms with Crippen molar-refractivity contribution in [2.75, 3.05) is 24.6 Å². The van der Waals surface area contributed by atoms with Gasteiger partial charge in [-0.05, 0) is 43.1 Å². The summed E-state index contributed by atoms with van der Waals surface area (Å²) in [4.78, 5) is 19.6. The molecular weight excluding hydrogens is 354 g/mol. The second kappa shape index (κ2) is 9.80. The van der Waals surface area contributed by atoms with Gasteiger partial charge in [0, 0.05) is 28.0 Å². The molecule has 0 fully saturated rings. The summed E-state index contributed by atoms with van der Waals surface area (Å²) >= 11 is 7.87. The number of aromatic amines is 1. The van der Waals surface area contributed by atoms with E-state index in [1.807, 2.05) is 25.1 Å². The normalized spacial score (nSPS) is 10.7. The van der Waals surface area contributed by atoms with Crippen LogP contribution in [0.4, 0.5) is 0 Å². The Balaban J connectivity index is 0.000000399. The molecule has 25 heavy (non-hydrogen) atoms. The Morgan fingerprint density at radius 1 is 1.24 bits per heavy atom. The lowest BCUT2D eigenvalue weighted by Crippen LogP contribution is -2.09. The molecule has 134 valence electrons. The van der Waals surface area contributed by atoms with E-state index in [9.17, 15) is 4.79 Å². The molecule has 0 atom stereocenters. The van der Waals surface area contributed by atoms with Gasteiger partial charge in [0.2, 0.25) is 0 Å². The molecule has 2 aromatic heterocycles. The number of thioether (sulfide) groups is 1. The van der Waals surface area contributed by atoms with Crippen molar-refractivity contribution in [1.82, 2.24) is 15.3 Å². The highest BCUT2D eigenvalue weighted by atomic mass is 35.5. The van der Waals surface area contributed by atoms with Crippen molar-refractivity contribution in [3.05, 3.63) is 41.0 Å². The largest absolute Gasteiger partial charge is 0.339 e. The molecular formula is C19H24ClN3OS. The fourth-order valence-corrected chi connectivity index (χ4v) is 3.28. The number of rotatable bonds is 6. The van der Waals surface area contributed by atoms with E-state index >= 15 is 0 Å². The summed E-state index contributed by atoms with van der Waals surface area (Å²) in [6.45, 7) is 8.44. The van der Waals surface area contributed by atoms with E-state index in [1.165, 1.54) is 0 Å². The van der Waals surface area contributed by atoms with Gasteiger partial charge in [0.05, 0.1) is 10.8 Å². The molecule has 2 N–H and O–H groups in total. The zero-order valence-corrected chi connectivity index (χ0v) is 16.4. The Labute approximate surface area is 157 Å². The Kier molecular flexibility index (Phi) is 7.75. The molecule has 4 nitrogen and oxygen atoms in total. The molecule has 0 unspecified atom stereocenters. The molecule has 3 rings (SSSR count). The zero-order valence-electron chi connectivity index (χ0n) is 14.9. The van der Waals surface area contributed by atoms with Crippen LogP contribution < -0.4 is 5.32 Å². The molecule has 0 bridgehead atoms. The highest BCUT2D eigenvalue weighted by Crippen LogP contribution is 2.30. The number of Topliss-reactive ketones (excluding diaryl/α,β-unsaturated/α-hetero) is 1. The van der Waals surface area contributed by atoms with Crippen molar-refractivity contribution < 1.29 is 4.79 Å². The molecule has 0 radical (unpaired) electrons. The van der Waals surface area contributed by atoms with E-state index in [4.69, 9.17) is 11.6 Å². The average molecular weight is 378 g/mol. The summed E-state index contributed by atoms with van der Waals surface area (Å²) in [6.07, 6.45) is 1.67. The number of benzene rings is 1. The van der Waals surface area contributed by atoms with E-state index in [0.717, 1.165) is 46.3 Å². The maximum atomic E-state index is 12.1. The number of pyridine rings is 1. The van der Waals surface area contributed by atoms with E-state index in [-0.39, 0.29) is 5.78 Å². The number of fused-ring (bicyclic) bond motifs is 3. The number of nitrogens with zero attached hydrogens (tertiary/aromatic N) is 1. The SMILES string of the molecule is CCNCC.CCSCC(=O)c1ccc2[nH]c3nccc(Cl)c3c2c1. The summed E-state index contributed by atoms with van der Waals surface area (Å²) in [5.41, 5.74) is 2.42. The van der Waals surface area contributed by atoms with Gasteiger partial charge in [-0.25, -0.2) is 4.98 Å². The molecule has 1 aromatic carbocycles. The molecule has 0 aliphatic carbocycles. The molecule has 0 saturated carbocycles. The number of ketones is 1. The van der Waals surface area contributed by atoms with Crippen LogP contribution in [0.15, 0.2) is 30.5 Å². The van der Waals surface area contributed by atoms with Crippen LogP contribution in [0.2, 0.25) is 5.02 Å². The van der Waals surface area contributed by atoms with Crippen LogP contribution in [0.1, 0.15) is 31.1 Å². The Morgan fingerprint density at radius 3 is 2.64 bits per heavy atom. The highest BCUT2D eigenvalue weighted by Gasteiger charge is 2.12. The third-order valence-corrected chi connectivity index (χ3v) is 4.89. The van der Waals surface area contributed by atoms with Gasteiger partial charge in [-0.1, -0.05) is 32.4 Å². The zero-order chi connectivity index (χ0) is 18.2. The summed E-state index contributed by atoms with van der Waals surface area (Å²) in [7, 11) is 0. The minimum absolute atomic E-state index is 0.146. The summed E-state index contributed by atoms with van der Waals surface area (Å²) in [5, 5.41) is 5.58. The van der Waals surface area contributed by atoms with Gasteiger partial charge in [0.25, 0.3) is 0 Å². The molecule has 0 aliphatic rings. The van der Waals surface area contributed by atoms with Crippen molar-refractivity contribution >= 4 is 51.1 Å². The third kappa shape index (κ3) is 4.97. The number of H-pyrrole nitrogens is 1. The molecule has 3 aromatic rings. The summed E-state index contributed by atoms with van der Waals surface area (Å²) < 4.78 is 0. The second-order valence-corrected chi connectivity index (χ2v) is 7.10. The minimum Gasteiger partial charge on any atom is -0.339 e. The first-order valence-corrected chi connectivity index (χ1v) is 10.0. The number of carbonyl (C=O) groups excluding carboxylic acids is 1. The van der Waals surface area contributed by atoms with E-state index in [0.29, 0.717) is 10.8 Å². The highest BCUT2D eigenvalue weighted by molar-refractivity contribution is 7.99. The fourth-order valence-electron chi connectivity index (χ4n) is 2.48. The van der Waals surface area contributed by atoms with E-state index < -0.39 is 0 Å². The molecule has 0 saturated heterocycles. The Bertz CT molecular complexity index is 845. The monoisotopic (exact) mass is 377 g/mol. The van der Waals surface area contributed by atoms with Crippen LogP contribution in [0, 0.1) is 0 Å². The second-order valence-electron chi connectivity index (χ2n) is 5.42. The van der Waals surface area contributed by atoms with Crippen LogP contribution in [0.5, 0.6) is 0 Å². The maximum absolute atomic E-state index is 12.1. The number of carbonyl (C=O) groups is 1. The third-order valence-electron chi connectivity index (χ3n) is 3.70. The lowest BCUT2D eigenvalue weighted by atomic mass is 10.1. The smallest absolute Gasteiger partial charge is 0.172 e. The van der Waals surface area contributed by atoms with Crippen LogP contribution in [-0.2, 0) is 0 Å². The fraction of sp³-hybridized carbons (Fsp3) is 0.368. The van der Waals surface area contributed by atoms with Gasteiger partial charge in [-0.3, -0.25) is 4.79 Å². The quantitative estimate of drug-likeness (QED) is 0.598. The number of nitrogens with one attached hydrogen (secondary N) is 2. The Hall–Kier alpha value is -1.56. The molecule has 0 amide bonds. The molecule has 6 heteroatoms. The van der Waals surface area contributed by atoms with Crippen molar-refractivity contribution in [3.8, 4) is 0 Å². The minimum atomic E-state index is 0.146. The van der Waals surface area contributed by atoms with Gasteiger partial charge < -0.3 is 10.3 Å². The predicted molar refractivity (Wildman–Crippen MR) is 110 cm³/mol. The molecule has 2 heterocycles. The lowest BCUT2D eigenvalue weighted by Gasteiger charge is -2.01. The number of hydrogen-bond donors (Lipinski definition) is 2. The topological polar surface area (TPSA) is 57.8 Å². The van der Waals surface area contributed by atoms with Crippen LogP contribution >= 0.6 is 23.4 Å². The van der Waals surface area contributed by atoms with Gasteiger partial charge in [0.15, 0.2) is 5.78 Å². The van der Waals surface area contributed by atoms with Gasteiger partial charge in [-0.2, -0.15) is 11.8 Å². The summed E-state index contributed by atoms with van der Waals surface area (Å²) in [6, 6.07) is 7.43. The van der Waals surface area contributed by atoms with Gasteiger partial charge in [0.1, 0.15) is 5.65 Å². The molecule has 0 spiro atoms. The first kappa shape index (κ1) is 19.8. The number of hydrogen-bond acceptors (Lipinski definition) is 4. The van der Waals surface area contributed by atoms with Gasteiger partial charge >= 0.3 is 0 Å². The average Bonchev–Trinajstić information content (AvgIpc) is 2.99.